The lowest BCUT2D eigenvalue weighted by molar-refractivity contribution is -0.122. The number of carbonyl (C=O) groups excluding carboxylic acids is 1. The van der Waals surface area contributed by atoms with Gasteiger partial charge in [0.05, 0.1) is 17.7 Å². The molecule has 5 N–H and O–H groups in total. The van der Waals surface area contributed by atoms with E-state index in [4.69, 9.17) is 16.7 Å². The number of nitrogens with zero attached hydrogens (tertiary/aromatic N) is 2. The van der Waals surface area contributed by atoms with Crippen LogP contribution in [0.2, 0.25) is 0 Å². The first-order valence-corrected chi connectivity index (χ1v) is 6.81. The molecular weight excluding hydrogens is 278 g/mol. The molecule has 0 unspecified atom stereocenters. The number of nitrogens with two attached hydrogens (primary N) is 2. The van der Waals surface area contributed by atoms with Crippen LogP contribution in [-0.4, -0.2) is 16.9 Å². The Bertz CT molecular complexity index is 690. The number of pyridine rings is 1. The van der Waals surface area contributed by atoms with Crippen molar-refractivity contribution in [1.29, 1.82) is 5.26 Å². The Hall–Kier alpha value is -2.91. The van der Waals surface area contributed by atoms with Gasteiger partial charge in [-0.05, 0) is 35.7 Å². The predicted octanol–water partition coefficient (Wildman–Crippen LogP) is 0.722. The van der Waals surface area contributed by atoms with Gasteiger partial charge in [0.1, 0.15) is 5.82 Å². The van der Waals surface area contributed by atoms with Gasteiger partial charge < -0.3 is 16.8 Å². The van der Waals surface area contributed by atoms with Gasteiger partial charge in [-0.3, -0.25) is 4.79 Å². The molecule has 1 heterocycles. The molecule has 0 aliphatic carbocycles. The number of nitrogen functional groups attached to an aromatic ring is 1. The van der Waals surface area contributed by atoms with Crippen molar-refractivity contribution in [2.75, 3.05) is 5.73 Å². The molecule has 0 spiro atoms. The number of aromatic nitrogens is 1. The summed E-state index contributed by atoms with van der Waals surface area (Å²) in [7, 11) is 0. The summed E-state index contributed by atoms with van der Waals surface area (Å²) in [6, 6.07) is 11.9. The maximum atomic E-state index is 12.0. The van der Waals surface area contributed by atoms with Crippen LogP contribution in [0.1, 0.15) is 16.7 Å². The van der Waals surface area contributed by atoms with E-state index in [1.54, 1.807) is 36.5 Å². The van der Waals surface area contributed by atoms with Crippen molar-refractivity contribution in [3.8, 4) is 6.07 Å². The van der Waals surface area contributed by atoms with Crippen molar-refractivity contribution < 1.29 is 4.79 Å². The van der Waals surface area contributed by atoms with Crippen LogP contribution in [0, 0.1) is 11.3 Å². The Morgan fingerprint density at radius 2 is 2.14 bits per heavy atom. The first kappa shape index (κ1) is 15.5. The summed E-state index contributed by atoms with van der Waals surface area (Å²) in [5.41, 5.74) is 13.7. The average molecular weight is 295 g/mol. The minimum Gasteiger partial charge on any atom is -0.384 e. The Balaban J connectivity index is 1.89. The maximum Gasteiger partial charge on any atom is 0.237 e. The van der Waals surface area contributed by atoms with Crippen molar-refractivity contribution in [2.45, 2.75) is 19.0 Å². The van der Waals surface area contributed by atoms with E-state index in [1.807, 2.05) is 6.07 Å². The van der Waals surface area contributed by atoms with Crippen molar-refractivity contribution in [3.63, 3.8) is 0 Å². The summed E-state index contributed by atoms with van der Waals surface area (Å²) in [4.78, 5) is 15.9. The number of rotatable bonds is 5. The number of nitrogens with one attached hydrogen (secondary N) is 1. The lowest BCUT2D eigenvalue weighted by atomic mass is 10.0. The SMILES string of the molecule is N#Cc1cccc(C[C@H](N)C(=O)NCc2ccc(N)nc2)c1. The highest BCUT2D eigenvalue weighted by molar-refractivity contribution is 5.81. The first-order chi connectivity index (χ1) is 10.6. The molecule has 0 saturated heterocycles. The number of hydrogen-bond donors (Lipinski definition) is 3. The Morgan fingerprint density at radius 1 is 1.32 bits per heavy atom. The van der Waals surface area contributed by atoms with Gasteiger partial charge in [-0.15, -0.1) is 0 Å². The molecule has 1 aromatic heterocycles. The molecule has 0 radical (unpaired) electrons. The van der Waals surface area contributed by atoms with Crippen molar-refractivity contribution in [2.24, 2.45) is 5.73 Å². The van der Waals surface area contributed by atoms with Crippen LogP contribution in [0.15, 0.2) is 42.6 Å². The van der Waals surface area contributed by atoms with Gasteiger partial charge >= 0.3 is 0 Å². The van der Waals surface area contributed by atoms with Crippen LogP contribution in [0.4, 0.5) is 5.82 Å². The molecule has 112 valence electrons. The predicted molar refractivity (Wildman–Crippen MR) is 83.3 cm³/mol. The molecule has 0 fully saturated rings. The number of nitriles is 1. The summed E-state index contributed by atoms with van der Waals surface area (Å²) in [5.74, 6) is 0.184. The third-order valence-corrected chi connectivity index (χ3v) is 3.16. The highest BCUT2D eigenvalue weighted by atomic mass is 16.2. The van der Waals surface area contributed by atoms with Crippen molar-refractivity contribution in [1.82, 2.24) is 10.3 Å². The monoisotopic (exact) mass is 295 g/mol. The zero-order valence-corrected chi connectivity index (χ0v) is 12.0. The summed E-state index contributed by atoms with van der Waals surface area (Å²) in [5, 5.41) is 11.6. The van der Waals surface area contributed by atoms with Gasteiger partial charge in [-0.1, -0.05) is 18.2 Å². The fraction of sp³-hybridized carbons (Fsp3) is 0.188. The number of amides is 1. The van der Waals surface area contributed by atoms with Crippen LogP contribution in [0.25, 0.3) is 0 Å². The molecule has 0 aliphatic rings. The molecule has 2 rings (SSSR count). The largest absolute Gasteiger partial charge is 0.384 e. The molecular formula is C16H17N5O. The van der Waals surface area contributed by atoms with Gasteiger partial charge in [0.25, 0.3) is 0 Å². The Kier molecular flexibility index (Phi) is 5.07. The van der Waals surface area contributed by atoms with Crippen LogP contribution in [0.5, 0.6) is 0 Å². The molecule has 1 aromatic carbocycles. The minimum atomic E-state index is -0.671. The van der Waals surface area contributed by atoms with Crippen LogP contribution >= 0.6 is 0 Å². The van der Waals surface area contributed by atoms with E-state index in [1.165, 1.54) is 0 Å². The molecule has 6 nitrogen and oxygen atoms in total. The first-order valence-electron chi connectivity index (χ1n) is 6.81. The lowest BCUT2D eigenvalue weighted by Gasteiger charge is -2.12. The molecule has 22 heavy (non-hydrogen) atoms. The topological polar surface area (TPSA) is 118 Å². The quantitative estimate of drug-likeness (QED) is 0.751. The average Bonchev–Trinajstić information content (AvgIpc) is 2.54. The van der Waals surface area contributed by atoms with Gasteiger partial charge in [0, 0.05) is 12.7 Å². The summed E-state index contributed by atoms with van der Waals surface area (Å²) in [6.45, 7) is 0.345. The van der Waals surface area contributed by atoms with Gasteiger partial charge in [-0.2, -0.15) is 5.26 Å². The van der Waals surface area contributed by atoms with E-state index < -0.39 is 6.04 Å². The van der Waals surface area contributed by atoms with E-state index >= 15 is 0 Å². The molecule has 6 heteroatoms. The van der Waals surface area contributed by atoms with Gasteiger partial charge in [0.2, 0.25) is 5.91 Å². The molecule has 1 amide bonds. The summed E-state index contributed by atoms with van der Waals surface area (Å²) in [6.07, 6.45) is 1.98. The third-order valence-electron chi connectivity index (χ3n) is 3.16. The number of hydrogen-bond acceptors (Lipinski definition) is 5. The minimum absolute atomic E-state index is 0.251. The number of anilines is 1. The molecule has 0 bridgehead atoms. The smallest absolute Gasteiger partial charge is 0.237 e. The second-order valence-corrected chi connectivity index (χ2v) is 4.93. The third kappa shape index (κ3) is 4.30. The van der Waals surface area contributed by atoms with Crippen molar-refractivity contribution in [3.05, 3.63) is 59.3 Å². The number of carbonyl (C=O) groups is 1. The fourth-order valence-electron chi connectivity index (χ4n) is 1.98. The molecule has 2 aromatic rings. The van der Waals surface area contributed by atoms with Gasteiger partial charge in [-0.25, -0.2) is 4.98 Å². The van der Waals surface area contributed by atoms with E-state index in [9.17, 15) is 4.79 Å². The van der Waals surface area contributed by atoms with Gasteiger partial charge in [0.15, 0.2) is 0 Å². The second kappa shape index (κ2) is 7.20. The van der Waals surface area contributed by atoms with E-state index in [0.29, 0.717) is 24.3 Å². The van der Waals surface area contributed by atoms with E-state index in [-0.39, 0.29) is 5.91 Å². The van der Waals surface area contributed by atoms with Crippen molar-refractivity contribution >= 4 is 11.7 Å². The Labute approximate surface area is 128 Å². The zero-order valence-electron chi connectivity index (χ0n) is 12.0. The number of benzene rings is 1. The summed E-state index contributed by atoms with van der Waals surface area (Å²) < 4.78 is 0. The second-order valence-electron chi connectivity index (χ2n) is 4.93. The van der Waals surface area contributed by atoms with E-state index in [0.717, 1.165) is 11.1 Å². The Morgan fingerprint density at radius 3 is 2.82 bits per heavy atom. The van der Waals surface area contributed by atoms with Crippen LogP contribution < -0.4 is 16.8 Å². The standard InChI is InChI=1S/C16H17N5O/c17-8-12-3-1-2-11(6-12)7-14(18)16(22)21-10-13-4-5-15(19)20-9-13/h1-6,9,14H,7,10,18H2,(H2,19,20)(H,21,22)/t14-/m0/s1. The molecule has 0 saturated carbocycles. The normalized spacial score (nSPS) is 11.5. The highest BCUT2D eigenvalue weighted by Gasteiger charge is 2.14. The summed E-state index contributed by atoms with van der Waals surface area (Å²) >= 11 is 0. The zero-order chi connectivity index (χ0) is 15.9. The van der Waals surface area contributed by atoms with E-state index in [2.05, 4.69) is 16.4 Å². The van der Waals surface area contributed by atoms with Crippen LogP contribution in [-0.2, 0) is 17.8 Å². The lowest BCUT2D eigenvalue weighted by Crippen LogP contribution is -2.41. The highest BCUT2D eigenvalue weighted by Crippen LogP contribution is 2.07. The van der Waals surface area contributed by atoms with Crippen LogP contribution in [0.3, 0.4) is 0 Å². The molecule has 1 atom stereocenters. The molecule has 0 aliphatic heterocycles. The fourth-order valence-corrected chi connectivity index (χ4v) is 1.98. The maximum absolute atomic E-state index is 12.0.